The van der Waals surface area contributed by atoms with Crippen molar-refractivity contribution in [2.24, 2.45) is 0 Å². The normalized spacial score (nSPS) is 12.4. The molecule has 0 aromatic heterocycles. The molecule has 0 saturated carbocycles. The van der Waals surface area contributed by atoms with Gasteiger partial charge in [-0.25, -0.2) is 4.39 Å². The lowest BCUT2D eigenvalue weighted by molar-refractivity contribution is -0.125. The second kappa shape index (κ2) is 7.14. The third-order valence-electron chi connectivity index (χ3n) is 2.24. The summed E-state index contributed by atoms with van der Waals surface area (Å²) in [5, 5.41) is 0. The van der Waals surface area contributed by atoms with E-state index in [9.17, 15) is 9.18 Å². The van der Waals surface area contributed by atoms with E-state index in [1.807, 2.05) is 6.92 Å². The number of halogens is 1. The Morgan fingerprint density at radius 1 is 1.35 bits per heavy atom. The van der Waals surface area contributed by atoms with Gasteiger partial charge in [-0.15, -0.1) is 0 Å². The Balaban J connectivity index is 2.32. The van der Waals surface area contributed by atoms with Gasteiger partial charge in [-0.05, 0) is 24.6 Å². The number of ether oxygens (including phenoxy) is 2. The van der Waals surface area contributed by atoms with Crippen molar-refractivity contribution in [1.29, 1.82) is 0 Å². The van der Waals surface area contributed by atoms with Crippen LogP contribution in [0, 0.1) is 5.82 Å². The lowest BCUT2D eigenvalue weighted by atomic mass is 10.1. The molecule has 1 aromatic rings. The molecule has 1 unspecified atom stereocenters. The molecule has 17 heavy (non-hydrogen) atoms. The van der Waals surface area contributed by atoms with Crippen LogP contribution in [0.3, 0.4) is 0 Å². The van der Waals surface area contributed by atoms with Crippen molar-refractivity contribution in [3.8, 4) is 0 Å². The Morgan fingerprint density at radius 3 is 2.59 bits per heavy atom. The molecule has 0 aliphatic carbocycles. The monoisotopic (exact) mass is 240 g/mol. The molecule has 3 nitrogen and oxygen atoms in total. The van der Waals surface area contributed by atoms with Crippen molar-refractivity contribution in [3.63, 3.8) is 0 Å². The molecule has 0 spiro atoms. The van der Waals surface area contributed by atoms with Crippen molar-refractivity contribution in [2.45, 2.75) is 19.4 Å². The highest BCUT2D eigenvalue weighted by Crippen LogP contribution is 2.04. The van der Waals surface area contributed by atoms with Crippen molar-refractivity contribution in [3.05, 3.63) is 35.6 Å². The Kier molecular flexibility index (Phi) is 5.80. The zero-order valence-electron chi connectivity index (χ0n) is 10.1. The molecule has 0 amide bonds. The number of carbonyl (C=O) groups excluding carboxylic acids is 1. The average Bonchev–Trinajstić information content (AvgIpc) is 2.30. The maximum absolute atomic E-state index is 12.6. The summed E-state index contributed by atoms with van der Waals surface area (Å²) in [5.74, 6) is -0.328. The van der Waals surface area contributed by atoms with Crippen LogP contribution < -0.4 is 0 Å². The summed E-state index contributed by atoms with van der Waals surface area (Å²) >= 11 is 0. The zero-order valence-corrected chi connectivity index (χ0v) is 10.1. The molecule has 0 aliphatic rings. The van der Waals surface area contributed by atoms with Gasteiger partial charge in [-0.3, -0.25) is 4.79 Å². The molecule has 1 atom stereocenters. The van der Waals surface area contributed by atoms with Crippen molar-refractivity contribution >= 4 is 5.78 Å². The van der Waals surface area contributed by atoms with Gasteiger partial charge in [0.05, 0.1) is 12.7 Å². The summed E-state index contributed by atoms with van der Waals surface area (Å²) in [5.41, 5.74) is 0.791. The topological polar surface area (TPSA) is 35.5 Å². The van der Waals surface area contributed by atoms with Crippen molar-refractivity contribution in [2.75, 3.05) is 20.3 Å². The number of hydrogen-bond donors (Lipinski definition) is 0. The average molecular weight is 240 g/mol. The van der Waals surface area contributed by atoms with Gasteiger partial charge >= 0.3 is 0 Å². The van der Waals surface area contributed by atoms with Crippen LogP contribution in [-0.2, 0) is 20.7 Å². The summed E-state index contributed by atoms with van der Waals surface area (Å²) in [6, 6.07) is 5.89. The van der Waals surface area contributed by atoms with E-state index >= 15 is 0 Å². The van der Waals surface area contributed by atoms with Gasteiger partial charge in [0, 0.05) is 13.5 Å². The van der Waals surface area contributed by atoms with E-state index in [-0.39, 0.29) is 30.7 Å². The maximum atomic E-state index is 12.6. The number of ketones is 1. The molecule has 1 aromatic carbocycles. The maximum Gasteiger partial charge on any atom is 0.162 e. The SMILES string of the molecule is COCC(C)OCC(=O)Cc1ccc(F)cc1. The standard InChI is InChI=1S/C13H17FO3/c1-10(8-16-2)17-9-13(15)7-11-3-5-12(14)6-4-11/h3-6,10H,7-9H2,1-2H3. The van der Waals surface area contributed by atoms with E-state index < -0.39 is 0 Å². The molecule has 0 saturated heterocycles. The summed E-state index contributed by atoms with van der Waals surface area (Å²) in [6.45, 7) is 2.36. The van der Waals surface area contributed by atoms with E-state index in [1.54, 1.807) is 19.2 Å². The fourth-order valence-corrected chi connectivity index (χ4v) is 1.40. The summed E-state index contributed by atoms with van der Waals surface area (Å²) in [6.07, 6.45) is 0.164. The second-order valence-corrected chi connectivity index (χ2v) is 3.92. The Labute approximate surface area is 101 Å². The van der Waals surface area contributed by atoms with Gasteiger partial charge in [0.15, 0.2) is 5.78 Å². The van der Waals surface area contributed by atoms with Gasteiger partial charge in [-0.2, -0.15) is 0 Å². The first-order valence-corrected chi connectivity index (χ1v) is 5.48. The molecule has 0 aliphatic heterocycles. The van der Waals surface area contributed by atoms with Crippen LogP contribution in [0.2, 0.25) is 0 Å². The predicted molar refractivity (Wildman–Crippen MR) is 62.4 cm³/mol. The Morgan fingerprint density at radius 2 is 2.00 bits per heavy atom. The molecule has 94 valence electrons. The second-order valence-electron chi connectivity index (χ2n) is 3.92. The minimum Gasteiger partial charge on any atom is -0.382 e. The fraction of sp³-hybridized carbons (Fsp3) is 0.462. The number of Topliss-reactive ketones (excluding diaryl/α,β-unsaturated/α-hetero) is 1. The number of hydrogen-bond acceptors (Lipinski definition) is 3. The van der Waals surface area contributed by atoms with Gasteiger partial charge in [0.25, 0.3) is 0 Å². The van der Waals surface area contributed by atoms with Gasteiger partial charge in [-0.1, -0.05) is 12.1 Å². The summed E-state index contributed by atoms with van der Waals surface area (Å²) in [4.78, 5) is 11.5. The molecular formula is C13H17FO3. The smallest absolute Gasteiger partial charge is 0.162 e. The largest absolute Gasteiger partial charge is 0.382 e. The van der Waals surface area contributed by atoms with Crippen LogP contribution in [0.25, 0.3) is 0 Å². The molecule has 0 fully saturated rings. The Bertz CT molecular complexity index is 348. The first kappa shape index (κ1) is 13.8. The number of methoxy groups -OCH3 is 1. The first-order valence-electron chi connectivity index (χ1n) is 5.48. The minimum absolute atomic E-state index is 0.0282. The molecule has 0 bridgehead atoms. The minimum atomic E-state index is -0.300. The number of benzene rings is 1. The van der Waals surface area contributed by atoms with Crippen LogP contribution in [0.4, 0.5) is 4.39 Å². The lowest BCUT2D eigenvalue weighted by Gasteiger charge is -2.11. The molecule has 1 rings (SSSR count). The Hall–Kier alpha value is -1.26. The van der Waals surface area contributed by atoms with Crippen LogP contribution in [0.15, 0.2) is 24.3 Å². The van der Waals surface area contributed by atoms with Crippen LogP contribution in [-0.4, -0.2) is 32.2 Å². The van der Waals surface area contributed by atoms with Crippen molar-refractivity contribution in [1.82, 2.24) is 0 Å². The molecular weight excluding hydrogens is 223 g/mol. The van der Waals surface area contributed by atoms with E-state index in [0.29, 0.717) is 6.61 Å². The molecule has 0 radical (unpaired) electrons. The van der Waals surface area contributed by atoms with E-state index in [4.69, 9.17) is 9.47 Å². The molecule has 4 heteroatoms. The van der Waals surface area contributed by atoms with E-state index in [2.05, 4.69) is 0 Å². The molecule has 0 heterocycles. The third-order valence-corrected chi connectivity index (χ3v) is 2.24. The van der Waals surface area contributed by atoms with E-state index in [0.717, 1.165) is 5.56 Å². The predicted octanol–water partition coefficient (Wildman–Crippen LogP) is 1.99. The summed E-state index contributed by atoms with van der Waals surface area (Å²) < 4.78 is 22.8. The van der Waals surface area contributed by atoms with Gasteiger partial charge < -0.3 is 9.47 Å². The highest BCUT2D eigenvalue weighted by Gasteiger charge is 2.07. The number of carbonyl (C=O) groups is 1. The van der Waals surface area contributed by atoms with Crippen molar-refractivity contribution < 1.29 is 18.7 Å². The highest BCUT2D eigenvalue weighted by atomic mass is 19.1. The first-order chi connectivity index (χ1) is 8.11. The quantitative estimate of drug-likeness (QED) is 0.731. The van der Waals surface area contributed by atoms with Gasteiger partial charge in [0.1, 0.15) is 12.4 Å². The van der Waals surface area contributed by atoms with Crippen LogP contribution in [0.1, 0.15) is 12.5 Å². The highest BCUT2D eigenvalue weighted by molar-refractivity contribution is 5.82. The van der Waals surface area contributed by atoms with Gasteiger partial charge in [0.2, 0.25) is 0 Å². The fourth-order valence-electron chi connectivity index (χ4n) is 1.40. The van der Waals surface area contributed by atoms with Crippen LogP contribution in [0.5, 0.6) is 0 Å². The molecule has 0 N–H and O–H groups in total. The summed E-state index contributed by atoms with van der Waals surface area (Å²) in [7, 11) is 1.58. The lowest BCUT2D eigenvalue weighted by Crippen LogP contribution is -2.20. The van der Waals surface area contributed by atoms with Crippen LogP contribution >= 0.6 is 0 Å². The third kappa shape index (κ3) is 5.56. The number of rotatable bonds is 7. The zero-order chi connectivity index (χ0) is 12.7. The van der Waals surface area contributed by atoms with E-state index in [1.165, 1.54) is 12.1 Å².